The molecule has 1 aliphatic carbocycles. The lowest BCUT2D eigenvalue weighted by molar-refractivity contribution is -0.138. The molecule has 1 amide bonds. The third-order valence-corrected chi connectivity index (χ3v) is 5.75. The van der Waals surface area contributed by atoms with Gasteiger partial charge in [-0.3, -0.25) is 4.79 Å². The van der Waals surface area contributed by atoms with E-state index >= 15 is 0 Å². The molecule has 2 aromatic rings. The SMILES string of the molecule is CN1CCC(CC(=O)O)(NC(=O)OCC2c3ccccc3-c3ccccc32)C1. The van der Waals surface area contributed by atoms with Crippen molar-refractivity contribution < 1.29 is 19.4 Å². The number of benzene rings is 2. The molecular formula is C22H24N2O4. The molecule has 0 radical (unpaired) electrons. The van der Waals surface area contributed by atoms with Crippen LogP contribution in [0.1, 0.15) is 29.9 Å². The van der Waals surface area contributed by atoms with E-state index in [4.69, 9.17) is 4.74 Å². The van der Waals surface area contributed by atoms with Gasteiger partial charge in [-0.05, 0) is 35.7 Å². The lowest BCUT2D eigenvalue weighted by atomic mass is 9.94. The van der Waals surface area contributed by atoms with Gasteiger partial charge in [0, 0.05) is 19.0 Å². The van der Waals surface area contributed by atoms with Crippen molar-refractivity contribution in [3.8, 4) is 11.1 Å². The monoisotopic (exact) mass is 380 g/mol. The van der Waals surface area contributed by atoms with Crippen LogP contribution in [0.3, 0.4) is 0 Å². The molecule has 1 unspecified atom stereocenters. The molecule has 1 heterocycles. The second-order valence-electron chi connectivity index (χ2n) is 7.79. The van der Waals surface area contributed by atoms with Crippen LogP contribution in [-0.4, -0.2) is 54.4 Å². The van der Waals surface area contributed by atoms with Crippen molar-refractivity contribution in [1.29, 1.82) is 0 Å². The number of aliphatic carboxylic acids is 1. The third kappa shape index (κ3) is 3.47. The number of carbonyl (C=O) groups is 2. The van der Waals surface area contributed by atoms with Gasteiger partial charge in [0.25, 0.3) is 0 Å². The second-order valence-corrected chi connectivity index (χ2v) is 7.79. The molecule has 0 saturated carbocycles. The Hall–Kier alpha value is -2.86. The van der Waals surface area contributed by atoms with Gasteiger partial charge in [0.1, 0.15) is 6.61 Å². The van der Waals surface area contributed by atoms with Crippen molar-refractivity contribution >= 4 is 12.1 Å². The minimum absolute atomic E-state index is 0.0141. The van der Waals surface area contributed by atoms with Crippen LogP contribution in [0.2, 0.25) is 0 Å². The topological polar surface area (TPSA) is 78.9 Å². The zero-order valence-electron chi connectivity index (χ0n) is 15.9. The quantitative estimate of drug-likeness (QED) is 0.833. The molecule has 1 fully saturated rings. The minimum Gasteiger partial charge on any atom is -0.481 e. The molecule has 1 aliphatic heterocycles. The molecule has 0 aromatic heterocycles. The molecule has 6 nitrogen and oxygen atoms in total. The molecule has 6 heteroatoms. The predicted molar refractivity (Wildman–Crippen MR) is 105 cm³/mol. The Morgan fingerprint density at radius 3 is 2.29 bits per heavy atom. The standard InChI is InChI=1S/C22H24N2O4/c1-24-11-10-22(14-24,12-20(25)26)23-21(27)28-13-19-17-8-4-2-6-15(17)16-7-3-5-9-18(16)19/h2-9,19H,10-14H2,1H3,(H,23,27)(H,25,26). The molecule has 0 spiro atoms. The number of hydrogen-bond acceptors (Lipinski definition) is 4. The van der Waals surface area contributed by atoms with Gasteiger partial charge in [0.15, 0.2) is 0 Å². The molecule has 4 rings (SSSR count). The van der Waals surface area contributed by atoms with Crippen LogP contribution in [0, 0.1) is 0 Å². The normalized spacial score (nSPS) is 21.2. The van der Waals surface area contributed by atoms with Gasteiger partial charge >= 0.3 is 12.1 Å². The molecule has 2 N–H and O–H groups in total. The maximum Gasteiger partial charge on any atom is 0.407 e. The maximum atomic E-state index is 12.5. The second kappa shape index (κ2) is 7.28. The van der Waals surface area contributed by atoms with Crippen LogP contribution in [0.5, 0.6) is 0 Å². The van der Waals surface area contributed by atoms with Crippen LogP contribution < -0.4 is 5.32 Å². The number of amides is 1. The van der Waals surface area contributed by atoms with E-state index in [1.165, 1.54) is 11.1 Å². The first-order chi connectivity index (χ1) is 13.5. The van der Waals surface area contributed by atoms with Crippen LogP contribution in [-0.2, 0) is 9.53 Å². The Bertz CT molecular complexity index is 867. The van der Waals surface area contributed by atoms with E-state index in [2.05, 4.69) is 29.6 Å². The predicted octanol–water partition coefficient (Wildman–Crippen LogP) is 3.07. The van der Waals surface area contributed by atoms with E-state index in [0.29, 0.717) is 13.0 Å². The van der Waals surface area contributed by atoms with Gasteiger partial charge in [-0.2, -0.15) is 0 Å². The van der Waals surface area contributed by atoms with Crippen molar-refractivity contribution in [1.82, 2.24) is 10.2 Å². The first-order valence-electron chi connectivity index (χ1n) is 9.51. The summed E-state index contributed by atoms with van der Waals surface area (Å²) in [5.74, 6) is -0.936. The summed E-state index contributed by atoms with van der Waals surface area (Å²) in [5, 5.41) is 12.1. The Labute approximate surface area is 164 Å². The van der Waals surface area contributed by atoms with Crippen LogP contribution >= 0.6 is 0 Å². The zero-order valence-corrected chi connectivity index (χ0v) is 15.9. The number of ether oxygens (including phenoxy) is 1. The summed E-state index contributed by atoms with van der Waals surface area (Å²) in [6.07, 6.45) is -0.0694. The largest absolute Gasteiger partial charge is 0.481 e. The van der Waals surface area contributed by atoms with Crippen molar-refractivity contribution in [2.45, 2.75) is 24.3 Å². The van der Waals surface area contributed by atoms with Gasteiger partial charge in [-0.1, -0.05) is 48.5 Å². The number of likely N-dealkylation sites (N-methyl/N-ethyl adjacent to an activating group) is 1. The highest BCUT2D eigenvalue weighted by Gasteiger charge is 2.40. The lowest BCUT2D eigenvalue weighted by Crippen LogP contribution is -2.51. The molecule has 146 valence electrons. The highest BCUT2D eigenvalue weighted by atomic mass is 16.5. The number of fused-ring (bicyclic) bond motifs is 3. The molecule has 1 saturated heterocycles. The van der Waals surface area contributed by atoms with E-state index < -0.39 is 17.6 Å². The number of rotatable bonds is 5. The summed E-state index contributed by atoms with van der Waals surface area (Å²) in [4.78, 5) is 25.8. The zero-order chi connectivity index (χ0) is 19.7. The van der Waals surface area contributed by atoms with Crippen molar-refractivity contribution in [3.63, 3.8) is 0 Å². The molecule has 2 aliphatic rings. The minimum atomic E-state index is -0.922. The summed E-state index contributed by atoms with van der Waals surface area (Å²) in [6.45, 7) is 1.47. The first-order valence-corrected chi connectivity index (χ1v) is 9.51. The number of carboxylic acid groups (broad SMARTS) is 1. The number of alkyl carbamates (subject to hydrolysis) is 1. The lowest BCUT2D eigenvalue weighted by Gasteiger charge is -2.28. The highest BCUT2D eigenvalue weighted by molar-refractivity contribution is 5.79. The number of nitrogens with one attached hydrogen (secondary N) is 1. The van der Waals surface area contributed by atoms with Gasteiger partial charge in [0.05, 0.1) is 12.0 Å². The third-order valence-electron chi connectivity index (χ3n) is 5.75. The fraction of sp³-hybridized carbons (Fsp3) is 0.364. The Morgan fingerprint density at radius 1 is 1.14 bits per heavy atom. The first kappa shape index (κ1) is 18.5. The summed E-state index contributed by atoms with van der Waals surface area (Å²) in [5.41, 5.74) is 3.87. The number of nitrogens with zero attached hydrogens (tertiary/aromatic N) is 1. The summed E-state index contributed by atoms with van der Waals surface area (Å²) < 4.78 is 5.58. The summed E-state index contributed by atoms with van der Waals surface area (Å²) in [6, 6.07) is 16.3. The van der Waals surface area contributed by atoms with Gasteiger partial charge in [0.2, 0.25) is 0 Å². The van der Waals surface area contributed by atoms with Crippen molar-refractivity contribution in [2.24, 2.45) is 0 Å². The summed E-state index contributed by atoms with van der Waals surface area (Å²) >= 11 is 0. The molecule has 0 bridgehead atoms. The van der Waals surface area contributed by atoms with E-state index in [-0.39, 0.29) is 18.9 Å². The van der Waals surface area contributed by atoms with Crippen molar-refractivity contribution in [2.75, 3.05) is 26.7 Å². The van der Waals surface area contributed by atoms with Crippen LogP contribution in [0.25, 0.3) is 11.1 Å². The number of likely N-dealkylation sites (tertiary alicyclic amines) is 1. The van der Waals surface area contributed by atoms with Crippen molar-refractivity contribution in [3.05, 3.63) is 59.7 Å². The maximum absolute atomic E-state index is 12.5. The van der Waals surface area contributed by atoms with Gasteiger partial charge in [-0.25, -0.2) is 4.79 Å². The molecule has 2 aromatic carbocycles. The Morgan fingerprint density at radius 2 is 1.75 bits per heavy atom. The van der Waals surface area contributed by atoms with Crippen LogP contribution in [0.4, 0.5) is 4.79 Å². The molecule has 1 atom stereocenters. The fourth-order valence-electron chi connectivity index (χ4n) is 4.51. The van der Waals surface area contributed by atoms with E-state index in [9.17, 15) is 14.7 Å². The Balaban J connectivity index is 1.47. The van der Waals surface area contributed by atoms with E-state index in [1.807, 2.05) is 36.2 Å². The fourth-order valence-corrected chi connectivity index (χ4v) is 4.51. The van der Waals surface area contributed by atoms with Crippen LogP contribution in [0.15, 0.2) is 48.5 Å². The Kier molecular flexibility index (Phi) is 4.81. The van der Waals surface area contributed by atoms with E-state index in [0.717, 1.165) is 17.7 Å². The van der Waals surface area contributed by atoms with Gasteiger partial charge < -0.3 is 20.1 Å². The van der Waals surface area contributed by atoms with Gasteiger partial charge in [-0.15, -0.1) is 0 Å². The number of hydrogen-bond donors (Lipinski definition) is 2. The average Bonchev–Trinajstić information content (AvgIpc) is 3.17. The summed E-state index contributed by atoms with van der Waals surface area (Å²) in [7, 11) is 1.92. The number of carbonyl (C=O) groups excluding carboxylic acids is 1. The van der Waals surface area contributed by atoms with E-state index in [1.54, 1.807) is 0 Å². The molecule has 28 heavy (non-hydrogen) atoms. The smallest absolute Gasteiger partial charge is 0.407 e. The number of carboxylic acids is 1. The average molecular weight is 380 g/mol. The molecular weight excluding hydrogens is 356 g/mol. The highest BCUT2D eigenvalue weighted by Crippen LogP contribution is 2.44.